The molecule has 0 bridgehead atoms. The number of halogens is 1. The van der Waals surface area contributed by atoms with Crippen molar-refractivity contribution in [2.75, 3.05) is 6.54 Å². The van der Waals surface area contributed by atoms with Gasteiger partial charge in [0.05, 0.1) is 11.6 Å². The van der Waals surface area contributed by atoms with E-state index in [0.29, 0.717) is 23.9 Å². The summed E-state index contributed by atoms with van der Waals surface area (Å²) >= 11 is 6.03. The van der Waals surface area contributed by atoms with E-state index < -0.39 is 0 Å². The molecule has 0 atom stereocenters. The highest BCUT2D eigenvalue weighted by Gasteiger charge is 2.08. The first-order valence-electron chi connectivity index (χ1n) is 4.98. The maximum Gasteiger partial charge on any atom is 0.206 e. The van der Waals surface area contributed by atoms with Gasteiger partial charge in [-0.15, -0.1) is 10.2 Å². The van der Waals surface area contributed by atoms with Crippen LogP contribution in [0.15, 0.2) is 24.3 Å². The largest absolute Gasteiger partial charge is 0.258 e. The summed E-state index contributed by atoms with van der Waals surface area (Å²) in [4.78, 5) is 1.49. The molecule has 0 aliphatic carbocycles. The zero-order valence-corrected chi connectivity index (χ0v) is 9.35. The molecule has 1 radical (unpaired) electrons. The summed E-state index contributed by atoms with van der Waals surface area (Å²) in [7, 11) is 0. The maximum absolute atomic E-state index is 7.05. The molecule has 1 heterocycles. The Balaban J connectivity index is 2.22. The minimum atomic E-state index is 0.364. The highest BCUT2D eigenvalue weighted by atomic mass is 35.5. The number of nitrogens with zero attached hydrogens (tertiary/aromatic N) is 4. The smallest absolute Gasteiger partial charge is 0.206 e. The van der Waals surface area contributed by atoms with Gasteiger partial charge in [-0.1, -0.05) is 23.7 Å². The van der Waals surface area contributed by atoms with Gasteiger partial charge < -0.3 is 0 Å². The van der Waals surface area contributed by atoms with E-state index in [1.165, 1.54) is 4.80 Å². The first-order valence-corrected chi connectivity index (χ1v) is 5.36. The van der Waals surface area contributed by atoms with Crippen molar-refractivity contribution in [1.82, 2.24) is 25.9 Å². The van der Waals surface area contributed by atoms with Crippen molar-refractivity contribution in [2.24, 2.45) is 0 Å². The molecule has 0 aliphatic heterocycles. The fourth-order valence-corrected chi connectivity index (χ4v) is 1.53. The van der Waals surface area contributed by atoms with E-state index in [4.69, 9.17) is 17.3 Å². The van der Waals surface area contributed by atoms with Crippen LogP contribution in [0, 0.1) is 0 Å². The van der Waals surface area contributed by atoms with Gasteiger partial charge in [-0.25, -0.2) is 0 Å². The number of tetrazole rings is 1. The molecule has 6 heteroatoms. The molecule has 1 aromatic carbocycles. The Bertz CT molecular complexity index is 468. The van der Waals surface area contributed by atoms with E-state index in [1.54, 1.807) is 6.07 Å². The summed E-state index contributed by atoms with van der Waals surface area (Å²) in [6, 6.07) is 7.39. The van der Waals surface area contributed by atoms with Gasteiger partial charge in [-0.3, -0.25) is 5.73 Å². The van der Waals surface area contributed by atoms with Crippen LogP contribution in [0.4, 0.5) is 0 Å². The van der Waals surface area contributed by atoms with Crippen molar-refractivity contribution in [3.05, 3.63) is 29.3 Å². The molecule has 2 rings (SSSR count). The number of aryl methyl sites for hydroxylation is 1. The molecule has 2 aromatic rings. The van der Waals surface area contributed by atoms with Crippen LogP contribution >= 0.6 is 11.6 Å². The number of nitrogens with one attached hydrogen (secondary N) is 1. The van der Waals surface area contributed by atoms with E-state index in [9.17, 15) is 0 Å². The van der Waals surface area contributed by atoms with Gasteiger partial charge in [-0.2, -0.15) is 4.80 Å². The second kappa shape index (κ2) is 5.05. The lowest BCUT2D eigenvalue weighted by atomic mass is 10.2. The minimum absolute atomic E-state index is 0.364. The van der Waals surface area contributed by atoms with Crippen LogP contribution in [0.3, 0.4) is 0 Å². The third-order valence-corrected chi connectivity index (χ3v) is 2.43. The number of hydrogen-bond donors (Lipinski definition) is 0. The Morgan fingerprint density at radius 3 is 2.88 bits per heavy atom. The minimum Gasteiger partial charge on any atom is -0.258 e. The van der Waals surface area contributed by atoms with E-state index in [2.05, 4.69) is 15.4 Å². The second-order valence-corrected chi connectivity index (χ2v) is 3.70. The van der Waals surface area contributed by atoms with Crippen molar-refractivity contribution in [3.8, 4) is 11.4 Å². The van der Waals surface area contributed by atoms with Crippen LogP contribution in [-0.2, 0) is 6.54 Å². The molecule has 0 saturated heterocycles. The Kier molecular flexibility index (Phi) is 3.48. The third-order valence-electron chi connectivity index (χ3n) is 2.10. The fraction of sp³-hybridized carbons (Fsp3) is 0.300. The van der Waals surface area contributed by atoms with E-state index in [0.717, 1.165) is 12.0 Å². The average Bonchev–Trinajstić information content (AvgIpc) is 2.75. The van der Waals surface area contributed by atoms with E-state index in [1.807, 2.05) is 18.2 Å². The summed E-state index contributed by atoms with van der Waals surface area (Å²) < 4.78 is 0. The summed E-state index contributed by atoms with van der Waals surface area (Å²) in [5.41, 5.74) is 7.83. The third kappa shape index (κ3) is 2.37. The van der Waals surface area contributed by atoms with Gasteiger partial charge in [0.2, 0.25) is 5.82 Å². The molecular formula is C10H11ClN5. The Labute approximate surface area is 98.2 Å². The molecule has 0 unspecified atom stereocenters. The topological polar surface area (TPSA) is 67.4 Å². The molecule has 1 aromatic heterocycles. The van der Waals surface area contributed by atoms with Crippen LogP contribution in [0.25, 0.3) is 11.4 Å². The molecule has 0 amide bonds. The Hall–Kier alpha value is -1.46. The Morgan fingerprint density at radius 1 is 1.31 bits per heavy atom. The summed E-state index contributed by atoms with van der Waals surface area (Å²) in [6.07, 6.45) is 0.721. The molecule has 0 saturated carbocycles. The van der Waals surface area contributed by atoms with Crippen molar-refractivity contribution in [1.29, 1.82) is 0 Å². The predicted octanol–water partition coefficient (Wildman–Crippen LogP) is 1.67. The molecule has 0 spiro atoms. The summed E-state index contributed by atoms with van der Waals surface area (Å²) in [5, 5.41) is 12.7. The van der Waals surface area contributed by atoms with Gasteiger partial charge in [0.25, 0.3) is 0 Å². The average molecular weight is 237 g/mol. The second-order valence-electron chi connectivity index (χ2n) is 3.29. The van der Waals surface area contributed by atoms with Crippen LogP contribution in [-0.4, -0.2) is 26.8 Å². The number of benzene rings is 1. The Morgan fingerprint density at radius 2 is 2.12 bits per heavy atom. The zero-order chi connectivity index (χ0) is 11.4. The monoisotopic (exact) mass is 236 g/mol. The van der Waals surface area contributed by atoms with Crippen LogP contribution < -0.4 is 5.73 Å². The maximum atomic E-state index is 7.05. The van der Waals surface area contributed by atoms with E-state index >= 15 is 0 Å². The van der Waals surface area contributed by atoms with Gasteiger partial charge in [0.1, 0.15) is 0 Å². The summed E-state index contributed by atoms with van der Waals surface area (Å²) in [5.74, 6) is 0.524. The van der Waals surface area contributed by atoms with Crippen LogP contribution in [0.1, 0.15) is 6.42 Å². The quantitative estimate of drug-likeness (QED) is 0.811. The summed E-state index contributed by atoms with van der Waals surface area (Å²) in [6.45, 7) is 0.976. The van der Waals surface area contributed by atoms with Gasteiger partial charge >= 0.3 is 0 Å². The molecular weight excluding hydrogens is 226 g/mol. The van der Waals surface area contributed by atoms with Crippen molar-refractivity contribution >= 4 is 11.6 Å². The first-order chi connectivity index (χ1) is 7.81. The van der Waals surface area contributed by atoms with Gasteiger partial charge in [0, 0.05) is 12.1 Å². The van der Waals surface area contributed by atoms with Crippen molar-refractivity contribution in [2.45, 2.75) is 13.0 Å². The molecule has 16 heavy (non-hydrogen) atoms. The molecule has 0 aliphatic rings. The molecule has 83 valence electrons. The highest BCUT2D eigenvalue weighted by molar-refractivity contribution is 6.33. The lowest BCUT2D eigenvalue weighted by molar-refractivity contribution is 0.503. The van der Waals surface area contributed by atoms with Crippen molar-refractivity contribution in [3.63, 3.8) is 0 Å². The van der Waals surface area contributed by atoms with Crippen LogP contribution in [0.2, 0.25) is 5.02 Å². The predicted molar refractivity (Wildman–Crippen MR) is 60.8 cm³/mol. The standard InChI is InChI=1S/C10H11ClN5/c11-9-5-2-1-4-8(9)10-13-15-16(14-10)7-3-6-12/h1-2,4-5,12H,3,6-7H2. The SMILES string of the molecule is [NH]CCCn1nnc(-c2ccccc2Cl)n1. The van der Waals surface area contributed by atoms with Gasteiger partial charge in [0.15, 0.2) is 0 Å². The lowest BCUT2D eigenvalue weighted by Gasteiger charge is -1.97. The number of rotatable bonds is 4. The number of aromatic nitrogens is 4. The lowest BCUT2D eigenvalue weighted by Crippen LogP contribution is -2.04. The van der Waals surface area contributed by atoms with E-state index in [-0.39, 0.29) is 0 Å². The fourth-order valence-electron chi connectivity index (χ4n) is 1.31. The van der Waals surface area contributed by atoms with Crippen LogP contribution in [0.5, 0.6) is 0 Å². The number of hydrogen-bond acceptors (Lipinski definition) is 3. The zero-order valence-electron chi connectivity index (χ0n) is 8.60. The first kappa shape index (κ1) is 11.0. The molecule has 0 fully saturated rings. The highest BCUT2D eigenvalue weighted by Crippen LogP contribution is 2.23. The van der Waals surface area contributed by atoms with Crippen molar-refractivity contribution < 1.29 is 0 Å². The van der Waals surface area contributed by atoms with Gasteiger partial charge in [-0.05, 0) is 23.8 Å². The molecule has 1 N–H and O–H groups in total. The normalized spacial score (nSPS) is 10.6. The molecule has 5 nitrogen and oxygen atoms in total.